The Morgan fingerprint density at radius 1 is 0.950 bits per heavy atom. The van der Waals surface area contributed by atoms with Crippen LogP contribution in [0.15, 0.2) is 60.7 Å². The van der Waals surface area contributed by atoms with Crippen molar-refractivity contribution in [3.63, 3.8) is 0 Å². The van der Waals surface area contributed by atoms with E-state index in [1.165, 1.54) is 12.1 Å². The molecule has 0 bridgehead atoms. The van der Waals surface area contributed by atoms with Crippen LogP contribution < -0.4 is 0 Å². The number of nitrogens with zero attached hydrogens (tertiary/aromatic N) is 1. The Balaban J connectivity index is 0.000000151. The molecule has 0 saturated carbocycles. The first-order chi connectivity index (χ1) is 9.68. The molecule has 0 unspecified atom stereocenters. The number of hydrogen-bond acceptors (Lipinski definition) is 3. The molecular formula is C16H13NO3. The molecule has 0 N–H and O–H groups in total. The standard InChI is InChI=1S/C10H8O.C6H5NO2/c11-10-7-3-5-8-4-1-2-6-9(8)10;8-7(9)6-4-2-1-3-5-6/h1-6H,7H2;1-5H. The number of para-hydroxylation sites is 1. The molecule has 1 aliphatic rings. The number of nitro benzene ring substituents is 1. The molecule has 4 heteroatoms. The number of non-ortho nitro benzene ring substituents is 1. The number of fused-ring (bicyclic) bond motifs is 1. The van der Waals surface area contributed by atoms with Crippen molar-refractivity contribution in [2.24, 2.45) is 0 Å². The second-order valence-electron chi connectivity index (χ2n) is 4.21. The normalized spacial score (nSPS) is 12.1. The monoisotopic (exact) mass is 267 g/mol. The zero-order chi connectivity index (χ0) is 14.4. The van der Waals surface area contributed by atoms with Gasteiger partial charge in [-0.1, -0.05) is 54.6 Å². The minimum absolute atomic E-state index is 0.137. The molecule has 0 aromatic heterocycles. The van der Waals surface area contributed by atoms with Gasteiger partial charge in [-0.3, -0.25) is 14.9 Å². The van der Waals surface area contributed by atoms with Crippen molar-refractivity contribution in [1.29, 1.82) is 0 Å². The summed E-state index contributed by atoms with van der Waals surface area (Å²) in [6.45, 7) is 0. The first-order valence-corrected chi connectivity index (χ1v) is 6.16. The number of ketones is 1. The van der Waals surface area contributed by atoms with E-state index < -0.39 is 4.92 Å². The van der Waals surface area contributed by atoms with E-state index in [9.17, 15) is 14.9 Å². The van der Waals surface area contributed by atoms with Gasteiger partial charge in [0.05, 0.1) is 4.92 Å². The van der Waals surface area contributed by atoms with E-state index in [2.05, 4.69) is 0 Å². The Labute approximate surface area is 116 Å². The summed E-state index contributed by atoms with van der Waals surface area (Å²) in [5.74, 6) is 0.225. The van der Waals surface area contributed by atoms with Crippen LogP contribution in [0.3, 0.4) is 0 Å². The van der Waals surface area contributed by atoms with Crippen LogP contribution in [-0.2, 0) is 0 Å². The maximum atomic E-state index is 11.2. The van der Waals surface area contributed by atoms with Crippen molar-refractivity contribution in [3.8, 4) is 0 Å². The van der Waals surface area contributed by atoms with Crippen molar-refractivity contribution in [1.82, 2.24) is 0 Å². The van der Waals surface area contributed by atoms with Gasteiger partial charge >= 0.3 is 0 Å². The van der Waals surface area contributed by atoms with Crippen molar-refractivity contribution in [2.75, 3.05) is 0 Å². The predicted octanol–water partition coefficient (Wildman–Crippen LogP) is 3.88. The molecule has 0 saturated heterocycles. The summed E-state index contributed by atoms with van der Waals surface area (Å²) in [6.07, 6.45) is 4.46. The van der Waals surface area contributed by atoms with E-state index in [1.807, 2.05) is 36.4 Å². The number of allylic oxidation sites excluding steroid dienone is 1. The summed E-state index contributed by atoms with van der Waals surface area (Å²) >= 11 is 0. The largest absolute Gasteiger partial charge is 0.294 e. The fourth-order valence-electron chi connectivity index (χ4n) is 1.85. The summed E-state index contributed by atoms with van der Waals surface area (Å²) in [5.41, 5.74) is 2.04. The molecule has 0 heterocycles. The molecule has 0 radical (unpaired) electrons. The summed E-state index contributed by atoms with van der Waals surface area (Å²) in [5, 5.41) is 10.0. The van der Waals surface area contributed by atoms with Crippen molar-refractivity contribution >= 4 is 17.5 Å². The van der Waals surface area contributed by atoms with Crippen LogP contribution in [-0.4, -0.2) is 10.7 Å². The lowest BCUT2D eigenvalue weighted by Crippen LogP contribution is -2.02. The number of benzene rings is 2. The highest BCUT2D eigenvalue weighted by molar-refractivity contribution is 6.02. The van der Waals surface area contributed by atoms with E-state index in [4.69, 9.17) is 0 Å². The van der Waals surface area contributed by atoms with Crippen LogP contribution in [0, 0.1) is 10.1 Å². The number of rotatable bonds is 1. The molecule has 0 spiro atoms. The molecule has 2 aromatic rings. The fourth-order valence-corrected chi connectivity index (χ4v) is 1.85. The van der Waals surface area contributed by atoms with Gasteiger partial charge in [-0.2, -0.15) is 0 Å². The Hall–Kier alpha value is -2.75. The zero-order valence-electron chi connectivity index (χ0n) is 10.7. The van der Waals surface area contributed by atoms with Crippen molar-refractivity contribution in [2.45, 2.75) is 6.42 Å². The van der Waals surface area contributed by atoms with Gasteiger partial charge in [0.15, 0.2) is 5.78 Å². The summed E-state index contributed by atoms with van der Waals surface area (Å²) < 4.78 is 0. The fraction of sp³-hybridized carbons (Fsp3) is 0.0625. The van der Waals surface area contributed by atoms with Crippen molar-refractivity contribution < 1.29 is 9.72 Å². The highest BCUT2D eigenvalue weighted by Gasteiger charge is 2.10. The first kappa shape index (κ1) is 13.7. The van der Waals surface area contributed by atoms with E-state index in [-0.39, 0.29) is 11.5 Å². The second-order valence-corrected chi connectivity index (χ2v) is 4.21. The number of Topliss-reactive ketones (excluding diaryl/α,β-unsaturated/α-hetero) is 1. The molecule has 20 heavy (non-hydrogen) atoms. The SMILES string of the molecule is O=C1CC=Cc2ccccc21.O=[N+]([O-])c1ccccc1. The highest BCUT2D eigenvalue weighted by atomic mass is 16.6. The third-order valence-corrected chi connectivity index (χ3v) is 2.83. The Morgan fingerprint density at radius 3 is 2.20 bits per heavy atom. The van der Waals surface area contributed by atoms with Gasteiger partial charge in [0, 0.05) is 24.1 Å². The number of carbonyl (C=O) groups excluding carboxylic acids is 1. The number of hydrogen-bond donors (Lipinski definition) is 0. The molecule has 0 amide bonds. The van der Waals surface area contributed by atoms with Crippen LogP contribution in [0.2, 0.25) is 0 Å². The minimum atomic E-state index is -0.417. The molecule has 2 aromatic carbocycles. The van der Waals surface area contributed by atoms with Crippen LogP contribution in [0.1, 0.15) is 22.3 Å². The molecule has 4 nitrogen and oxygen atoms in total. The predicted molar refractivity (Wildman–Crippen MR) is 77.5 cm³/mol. The lowest BCUT2D eigenvalue weighted by Gasteiger charge is -2.07. The Bertz CT molecular complexity index is 648. The Kier molecular flexibility index (Phi) is 4.39. The van der Waals surface area contributed by atoms with E-state index in [0.29, 0.717) is 6.42 Å². The third-order valence-electron chi connectivity index (χ3n) is 2.83. The van der Waals surface area contributed by atoms with Gasteiger partial charge in [0.2, 0.25) is 0 Å². The lowest BCUT2D eigenvalue weighted by atomic mass is 9.97. The van der Waals surface area contributed by atoms with Gasteiger partial charge in [0.1, 0.15) is 0 Å². The lowest BCUT2D eigenvalue weighted by molar-refractivity contribution is -0.384. The highest BCUT2D eigenvalue weighted by Crippen LogP contribution is 2.17. The molecular weight excluding hydrogens is 254 g/mol. The average Bonchev–Trinajstić information content (AvgIpc) is 2.49. The van der Waals surface area contributed by atoms with E-state index in [0.717, 1.165) is 11.1 Å². The third kappa shape index (κ3) is 3.38. The molecule has 3 rings (SSSR count). The van der Waals surface area contributed by atoms with E-state index in [1.54, 1.807) is 18.2 Å². The summed E-state index contributed by atoms with van der Waals surface area (Å²) in [4.78, 5) is 20.8. The molecule has 0 fully saturated rings. The average molecular weight is 267 g/mol. The van der Waals surface area contributed by atoms with Gasteiger partial charge in [0.25, 0.3) is 5.69 Å². The Morgan fingerprint density at radius 2 is 1.60 bits per heavy atom. The molecule has 0 atom stereocenters. The van der Waals surface area contributed by atoms with Crippen molar-refractivity contribution in [3.05, 3.63) is 81.9 Å². The quantitative estimate of drug-likeness (QED) is 0.582. The number of nitro groups is 1. The van der Waals surface area contributed by atoms with Crippen LogP contribution in [0.4, 0.5) is 5.69 Å². The summed E-state index contributed by atoms with van der Waals surface area (Å²) in [6, 6.07) is 15.6. The maximum absolute atomic E-state index is 11.2. The van der Waals surface area contributed by atoms with Gasteiger partial charge < -0.3 is 0 Å². The van der Waals surface area contributed by atoms with Crippen LogP contribution in [0.5, 0.6) is 0 Å². The van der Waals surface area contributed by atoms with Gasteiger partial charge in [-0.05, 0) is 5.56 Å². The molecule has 1 aliphatic carbocycles. The summed E-state index contributed by atoms with van der Waals surface area (Å²) in [7, 11) is 0. The van der Waals surface area contributed by atoms with Crippen LogP contribution in [0.25, 0.3) is 6.08 Å². The van der Waals surface area contributed by atoms with Gasteiger partial charge in [-0.25, -0.2) is 0 Å². The van der Waals surface area contributed by atoms with E-state index >= 15 is 0 Å². The first-order valence-electron chi connectivity index (χ1n) is 6.16. The second kappa shape index (κ2) is 6.43. The maximum Gasteiger partial charge on any atom is 0.269 e. The zero-order valence-corrected chi connectivity index (χ0v) is 10.7. The minimum Gasteiger partial charge on any atom is -0.294 e. The smallest absolute Gasteiger partial charge is 0.269 e. The molecule has 100 valence electrons. The number of carbonyl (C=O) groups is 1. The topological polar surface area (TPSA) is 60.2 Å². The van der Waals surface area contributed by atoms with Gasteiger partial charge in [-0.15, -0.1) is 0 Å². The molecule has 0 aliphatic heterocycles. The van der Waals surface area contributed by atoms with Crippen LogP contribution >= 0.6 is 0 Å².